The van der Waals surface area contributed by atoms with Crippen molar-refractivity contribution >= 4 is 41.3 Å². The molecule has 5 heteroatoms. The van der Waals surface area contributed by atoms with Crippen LogP contribution in [0.3, 0.4) is 0 Å². The number of anilines is 2. The first-order chi connectivity index (χ1) is 16.2. The molecule has 0 aromatic heterocycles. The summed E-state index contributed by atoms with van der Waals surface area (Å²) in [5.74, 6) is 0. The second-order valence-corrected chi connectivity index (χ2v) is 11.0. The molecule has 2 aromatic carbocycles. The minimum atomic E-state index is -0.752. The molecule has 0 heterocycles. The summed E-state index contributed by atoms with van der Waals surface area (Å²) in [6, 6.07) is 17.2. The summed E-state index contributed by atoms with van der Waals surface area (Å²) in [6.07, 6.45) is 14.1. The van der Waals surface area contributed by atoms with Crippen molar-refractivity contribution in [3.05, 3.63) is 99.2 Å². The normalized spacial score (nSPS) is 13.2. The van der Waals surface area contributed by atoms with Crippen molar-refractivity contribution in [3.63, 3.8) is 0 Å². The Kier molecular flexibility index (Phi) is 13.2. The summed E-state index contributed by atoms with van der Waals surface area (Å²) in [6.45, 7) is 15.3. The molecule has 0 saturated carbocycles. The Morgan fingerprint density at radius 2 is 1.03 bits per heavy atom. The first-order valence-corrected chi connectivity index (χ1v) is 14.4. The topological polar surface area (TPSA) is 30.5 Å². The summed E-state index contributed by atoms with van der Waals surface area (Å²) in [5.41, 5.74) is 2.16. The van der Waals surface area contributed by atoms with E-state index in [0.29, 0.717) is 0 Å². The zero-order valence-electron chi connectivity index (χ0n) is 19.9. The van der Waals surface area contributed by atoms with Gasteiger partial charge in [-0.15, -0.1) is 26.3 Å². The van der Waals surface area contributed by atoms with E-state index in [1.807, 2.05) is 24.3 Å². The fourth-order valence-corrected chi connectivity index (χ4v) is 5.80. The molecule has 3 nitrogen and oxygen atoms in total. The average Bonchev–Trinajstić information content (AvgIpc) is 2.84. The van der Waals surface area contributed by atoms with E-state index in [0.717, 1.165) is 49.9 Å². The lowest BCUT2D eigenvalue weighted by molar-refractivity contribution is 0.209. The SMILES string of the molecule is C=CCCC(CC=C)O[SiH2]c1ccc(Nc2ccc([SiH2]OC(CC=C)CCC=C)cc2)cc1. The van der Waals surface area contributed by atoms with Crippen LogP contribution in [-0.2, 0) is 8.85 Å². The molecule has 2 rings (SSSR count). The van der Waals surface area contributed by atoms with Gasteiger partial charge in [-0.3, -0.25) is 0 Å². The van der Waals surface area contributed by atoms with E-state index in [9.17, 15) is 0 Å². The van der Waals surface area contributed by atoms with Crippen molar-refractivity contribution < 1.29 is 8.85 Å². The highest BCUT2D eigenvalue weighted by Gasteiger charge is 2.08. The van der Waals surface area contributed by atoms with E-state index >= 15 is 0 Å². The van der Waals surface area contributed by atoms with Crippen LogP contribution in [0.25, 0.3) is 0 Å². The molecule has 0 saturated heterocycles. The zero-order chi connectivity index (χ0) is 23.7. The van der Waals surface area contributed by atoms with Crippen molar-refractivity contribution in [2.24, 2.45) is 0 Å². The summed E-state index contributed by atoms with van der Waals surface area (Å²) < 4.78 is 12.4. The lowest BCUT2D eigenvalue weighted by Crippen LogP contribution is -2.24. The number of hydrogen-bond acceptors (Lipinski definition) is 3. The molecule has 33 heavy (non-hydrogen) atoms. The lowest BCUT2D eigenvalue weighted by Gasteiger charge is -2.16. The third-order valence-corrected chi connectivity index (χ3v) is 8.30. The van der Waals surface area contributed by atoms with Gasteiger partial charge in [0.25, 0.3) is 0 Å². The van der Waals surface area contributed by atoms with E-state index in [1.54, 1.807) is 0 Å². The third kappa shape index (κ3) is 10.8. The summed E-state index contributed by atoms with van der Waals surface area (Å²) in [7, 11) is -1.50. The molecule has 2 atom stereocenters. The fraction of sp³-hybridized carbons (Fsp3) is 0.286. The maximum absolute atomic E-state index is 6.20. The standard InChI is InChI=1S/C28H39NO2Si2/c1-5-9-13-25(11-7-3)30-32-27-19-15-23(16-20-27)29-24-17-21-28(22-18-24)33-31-26(12-8-4)14-10-6-2/h5-8,15-22,25-26,29H,1-4,9-14,32-33H2. The predicted molar refractivity (Wildman–Crippen MR) is 151 cm³/mol. The molecular weight excluding hydrogens is 438 g/mol. The molecule has 2 unspecified atom stereocenters. The molecule has 2 aromatic rings. The Morgan fingerprint density at radius 3 is 1.36 bits per heavy atom. The van der Waals surface area contributed by atoms with Gasteiger partial charge in [0.05, 0.1) is 0 Å². The van der Waals surface area contributed by atoms with Gasteiger partial charge in [-0.1, -0.05) is 48.6 Å². The highest BCUT2D eigenvalue weighted by atomic mass is 28.2. The molecular formula is C28H39NO2Si2. The Labute approximate surface area is 205 Å². The average molecular weight is 478 g/mol. The monoisotopic (exact) mass is 477 g/mol. The number of hydrogen-bond donors (Lipinski definition) is 1. The Hall–Kier alpha value is -2.45. The molecule has 0 aliphatic heterocycles. The first kappa shape index (κ1) is 26.8. The van der Waals surface area contributed by atoms with Crippen molar-refractivity contribution in [2.75, 3.05) is 5.32 Å². The molecule has 0 amide bonds. The maximum Gasteiger partial charge on any atom is 0.192 e. The predicted octanol–water partition coefficient (Wildman–Crippen LogP) is 4.70. The van der Waals surface area contributed by atoms with Gasteiger partial charge in [-0.25, -0.2) is 0 Å². The van der Waals surface area contributed by atoms with Crippen molar-refractivity contribution in [1.82, 2.24) is 0 Å². The first-order valence-electron chi connectivity index (χ1n) is 11.8. The van der Waals surface area contributed by atoms with E-state index in [2.05, 4.69) is 80.2 Å². The van der Waals surface area contributed by atoms with Crippen molar-refractivity contribution in [1.29, 1.82) is 0 Å². The van der Waals surface area contributed by atoms with Crippen LogP contribution in [0.15, 0.2) is 99.2 Å². The largest absolute Gasteiger partial charge is 0.415 e. The van der Waals surface area contributed by atoms with Gasteiger partial charge < -0.3 is 14.2 Å². The summed E-state index contributed by atoms with van der Waals surface area (Å²) >= 11 is 0. The zero-order valence-corrected chi connectivity index (χ0v) is 22.7. The minimum Gasteiger partial charge on any atom is -0.415 e. The van der Waals surface area contributed by atoms with E-state index in [4.69, 9.17) is 8.85 Å². The molecule has 0 radical (unpaired) electrons. The van der Waals surface area contributed by atoms with Crippen LogP contribution in [0, 0.1) is 0 Å². The lowest BCUT2D eigenvalue weighted by atomic mass is 10.1. The van der Waals surface area contributed by atoms with Crippen LogP contribution in [0.5, 0.6) is 0 Å². The van der Waals surface area contributed by atoms with Gasteiger partial charge in [0, 0.05) is 23.6 Å². The Balaban J connectivity index is 1.83. The molecule has 0 spiro atoms. The molecule has 0 bridgehead atoms. The molecule has 1 N–H and O–H groups in total. The van der Waals surface area contributed by atoms with E-state index < -0.39 is 19.5 Å². The van der Waals surface area contributed by atoms with Gasteiger partial charge in [-0.2, -0.15) is 0 Å². The molecule has 0 aliphatic carbocycles. The maximum atomic E-state index is 6.20. The number of rotatable bonds is 18. The second-order valence-electron chi connectivity index (χ2n) is 8.17. The quantitative estimate of drug-likeness (QED) is 0.249. The highest BCUT2D eigenvalue weighted by molar-refractivity contribution is 6.47. The minimum absolute atomic E-state index is 0.255. The summed E-state index contributed by atoms with van der Waals surface area (Å²) in [4.78, 5) is 0. The smallest absolute Gasteiger partial charge is 0.192 e. The van der Waals surface area contributed by atoms with Crippen LogP contribution in [0.2, 0.25) is 0 Å². The van der Waals surface area contributed by atoms with Crippen LogP contribution in [0.1, 0.15) is 38.5 Å². The highest BCUT2D eigenvalue weighted by Crippen LogP contribution is 2.15. The third-order valence-electron chi connectivity index (χ3n) is 5.41. The second kappa shape index (κ2) is 16.2. The van der Waals surface area contributed by atoms with Crippen molar-refractivity contribution in [3.8, 4) is 0 Å². The van der Waals surface area contributed by atoms with Crippen LogP contribution < -0.4 is 15.7 Å². The van der Waals surface area contributed by atoms with Crippen molar-refractivity contribution in [2.45, 2.75) is 50.7 Å². The van der Waals surface area contributed by atoms with Gasteiger partial charge >= 0.3 is 0 Å². The Morgan fingerprint density at radius 1 is 0.636 bits per heavy atom. The van der Waals surface area contributed by atoms with Gasteiger partial charge in [-0.05, 0) is 73.2 Å². The van der Waals surface area contributed by atoms with Gasteiger partial charge in [0.15, 0.2) is 19.5 Å². The molecule has 0 fully saturated rings. The van der Waals surface area contributed by atoms with Crippen LogP contribution in [-0.4, -0.2) is 31.7 Å². The molecule has 176 valence electrons. The summed E-state index contributed by atoms with van der Waals surface area (Å²) in [5, 5.41) is 6.09. The number of benzene rings is 2. The number of allylic oxidation sites excluding steroid dienone is 2. The van der Waals surface area contributed by atoms with Crippen LogP contribution >= 0.6 is 0 Å². The van der Waals surface area contributed by atoms with E-state index in [1.165, 1.54) is 10.4 Å². The van der Waals surface area contributed by atoms with Crippen LogP contribution in [0.4, 0.5) is 11.4 Å². The van der Waals surface area contributed by atoms with E-state index in [-0.39, 0.29) is 12.2 Å². The van der Waals surface area contributed by atoms with Gasteiger partial charge in [0.2, 0.25) is 0 Å². The number of nitrogens with one attached hydrogen (secondary N) is 1. The van der Waals surface area contributed by atoms with Gasteiger partial charge in [0.1, 0.15) is 0 Å². The Bertz CT molecular complexity index is 778. The molecule has 0 aliphatic rings. The fourth-order valence-electron chi connectivity index (χ4n) is 3.48.